The maximum Gasteiger partial charge on any atom is 0.323 e. The Labute approximate surface area is 96.3 Å². The highest BCUT2D eigenvalue weighted by Gasteiger charge is 2.29. The Bertz CT molecular complexity index is 315. The average Bonchev–Trinajstić information content (AvgIpc) is 2.22. The first-order chi connectivity index (χ1) is 7.35. The molecule has 0 aliphatic heterocycles. The molecule has 0 fully saturated rings. The first-order valence-corrected chi connectivity index (χ1v) is 6.83. The Morgan fingerprint density at radius 2 is 2.06 bits per heavy atom. The van der Waals surface area contributed by atoms with Crippen molar-refractivity contribution >= 4 is 16.0 Å². The summed E-state index contributed by atoms with van der Waals surface area (Å²) in [6.07, 6.45) is 2.41. The lowest BCUT2D eigenvalue weighted by atomic mass is 10.1. The Balaban J connectivity index is 4.48. The summed E-state index contributed by atoms with van der Waals surface area (Å²) >= 11 is 0. The molecule has 16 heavy (non-hydrogen) atoms. The number of hydrogen-bond acceptors (Lipinski definition) is 4. The van der Waals surface area contributed by atoms with Crippen molar-refractivity contribution < 1.29 is 18.3 Å². The van der Waals surface area contributed by atoms with Crippen molar-refractivity contribution in [2.75, 3.05) is 6.54 Å². The Morgan fingerprint density at radius 3 is 2.44 bits per heavy atom. The van der Waals surface area contributed by atoms with E-state index in [0.717, 1.165) is 19.8 Å². The number of unbranched alkanes of at least 4 members (excludes halogenated alkanes) is 1. The van der Waals surface area contributed by atoms with Gasteiger partial charge in [0.2, 0.25) is 10.0 Å². The second kappa shape index (κ2) is 6.82. The summed E-state index contributed by atoms with van der Waals surface area (Å²) in [5.74, 6) is -1.36. The van der Waals surface area contributed by atoms with E-state index in [-0.39, 0.29) is 12.6 Å². The molecule has 0 aliphatic carbocycles. The van der Waals surface area contributed by atoms with E-state index in [1.165, 1.54) is 0 Å². The first kappa shape index (κ1) is 15.3. The maximum atomic E-state index is 11.6. The molecule has 6 nitrogen and oxygen atoms in total. The molecule has 0 aliphatic rings. The molecule has 0 aromatic rings. The van der Waals surface area contributed by atoms with Gasteiger partial charge in [-0.2, -0.15) is 0 Å². The average molecular weight is 252 g/mol. The van der Waals surface area contributed by atoms with Gasteiger partial charge >= 0.3 is 5.97 Å². The summed E-state index contributed by atoms with van der Waals surface area (Å²) in [5, 5.41) is 7.17. The third-order valence-corrected chi connectivity index (χ3v) is 4.13. The molecule has 0 rings (SSSR count). The van der Waals surface area contributed by atoms with E-state index < -0.39 is 21.2 Å². The van der Waals surface area contributed by atoms with E-state index >= 15 is 0 Å². The number of carbonyl (C=O) groups is 1. The zero-order valence-electron chi connectivity index (χ0n) is 9.64. The second-order valence-corrected chi connectivity index (χ2v) is 5.75. The van der Waals surface area contributed by atoms with Crippen LogP contribution in [0.15, 0.2) is 0 Å². The standard InChI is InChI=1S/C9H20N2O4S/c1-3-4-5-8(6-10)11-16(14,15)7(2)9(12)13/h7-8,11H,3-6,10H2,1-2H3,(H,12,13). The molecule has 2 unspecified atom stereocenters. The number of sulfonamides is 1. The fraction of sp³-hybridized carbons (Fsp3) is 0.889. The maximum absolute atomic E-state index is 11.6. The van der Waals surface area contributed by atoms with Gasteiger partial charge in [0.15, 0.2) is 5.25 Å². The van der Waals surface area contributed by atoms with Crippen LogP contribution >= 0.6 is 0 Å². The third-order valence-electron chi connectivity index (χ3n) is 2.33. The van der Waals surface area contributed by atoms with Crippen LogP contribution in [-0.4, -0.2) is 37.3 Å². The highest BCUT2D eigenvalue weighted by molar-refractivity contribution is 7.90. The van der Waals surface area contributed by atoms with Gasteiger partial charge in [0, 0.05) is 12.6 Å². The number of nitrogens with one attached hydrogen (secondary N) is 1. The van der Waals surface area contributed by atoms with Crippen LogP contribution in [0.3, 0.4) is 0 Å². The number of carboxylic acids is 1. The molecule has 0 aromatic carbocycles. The SMILES string of the molecule is CCCCC(CN)NS(=O)(=O)C(C)C(=O)O. The summed E-state index contributed by atoms with van der Waals surface area (Å²) in [6, 6.07) is -0.383. The molecule has 4 N–H and O–H groups in total. The van der Waals surface area contributed by atoms with Crippen LogP contribution in [-0.2, 0) is 14.8 Å². The van der Waals surface area contributed by atoms with E-state index in [1.54, 1.807) is 0 Å². The van der Waals surface area contributed by atoms with E-state index in [9.17, 15) is 13.2 Å². The summed E-state index contributed by atoms with van der Waals surface area (Å²) in [4.78, 5) is 10.6. The van der Waals surface area contributed by atoms with E-state index in [1.807, 2.05) is 6.92 Å². The predicted molar refractivity (Wildman–Crippen MR) is 61.5 cm³/mol. The van der Waals surface area contributed by atoms with Gasteiger partial charge in [-0.3, -0.25) is 4.79 Å². The largest absolute Gasteiger partial charge is 0.480 e. The van der Waals surface area contributed by atoms with Crippen LogP contribution in [0.5, 0.6) is 0 Å². The number of hydrogen-bond donors (Lipinski definition) is 3. The minimum absolute atomic E-state index is 0.172. The van der Waals surface area contributed by atoms with Crippen LogP contribution < -0.4 is 10.5 Å². The van der Waals surface area contributed by atoms with Crippen LogP contribution in [0.25, 0.3) is 0 Å². The van der Waals surface area contributed by atoms with Crippen molar-refractivity contribution in [3.63, 3.8) is 0 Å². The molecule has 2 atom stereocenters. The molecule has 96 valence electrons. The molecular formula is C9H20N2O4S. The van der Waals surface area contributed by atoms with Crippen LogP contribution in [0.1, 0.15) is 33.1 Å². The van der Waals surface area contributed by atoms with Crippen molar-refractivity contribution in [3.05, 3.63) is 0 Å². The zero-order chi connectivity index (χ0) is 12.8. The Hall–Kier alpha value is -0.660. The second-order valence-electron chi connectivity index (χ2n) is 3.72. The molecule has 0 aromatic heterocycles. The lowest BCUT2D eigenvalue weighted by Crippen LogP contribution is -2.46. The number of rotatable bonds is 8. The molecule has 7 heteroatoms. The summed E-state index contributed by atoms with van der Waals surface area (Å²) in [5.41, 5.74) is 5.42. The third kappa shape index (κ3) is 4.91. The topological polar surface area (TPSA) is 109 Å². The quantitative estimate of drug-likeness (QED) is 0.558. The van der Waals surface area contributed by atoms with E-state index in [2.05, 4.69) is 4.72 Å². The summed E-state index contributed by atoms with van der Waals surface area (Å²) in [6.45, 7) is 3.30. The smallest absolute Gasteiger partial charge is 0.323 e. The highest BCUT2D eigenvalue weighted by Crippen LogP contribution is 2.05. The van der Waals surface area contributed by atoms with Crippen molar-refractivity contribution in [1.82, 2.24) is 4.72 Å². The van der Waals surface area contributed by atoms with Crippen LogP contribution in [0, 0.1) is 0 Å². The van der Waals surface area contributed by atoms with Gasteiger partial charge in [0.1, 0.15) is 0 Å². The van der Waals surface area contributed by atoms with Gasteiger partial charge in [0.25, 0.3) is 0 Å². The molecule has 0 amide bonds. The monoisotopic (exact) mass is 252 g/mol. The number of aliphatic carboxylic acids is 1. The predicted octanol–water partition coefficient (Wildman–Crippen LogP) is -0.104. The summed E-state index contributed by atoms with van der Waals surface area (Å²) in [7, 11) is -3.83. The van der Waals surface area contributed by atoms with Gasteiger partial charge in [0.05, 0.1) is 0 Å². The van der Waals surface area contributed by atoms with Crippen LogP contribution in [0.2, 0.25) is 0 Å². The van der Waals surface area contributed by atoms with Gasteiger partial charge in [-0.25, -0.2) is 13.1 Å². The molecule has 0 saturated heterocycles. The van der Waals surface area contributed by atoms with Gasteiger partial charge < -0.3 is 10.8 Å². The molecular weight excluding hydrogens is 232 g/mol. The Kier molecular flexibility index (Phi) is 6.54. The molecule has 0 bridgehead atoms. The number of carboxylic acid groups (broad SMARTS) is 1. The van der Waals surface area contributed by atoms with E-state index in [4.69, 9.17) is 10.8 Å². The molecule has 0 saturated carbocycles. The van der Waals surface area contributed by atoms with Crippen molar-refractivity contribution in [3.8, 4) is 0 Å². The normalized spacial score (nSPS) is 15.7. The van der Waals surface area contributed by atoms with Gasteiger partial charge in [-0.1, -0.05) is 19.8 Å². The fourth-order valence-electron chi connectivity index (χ4n) is 1.14. The summed E-state index contributed by atoms with van der Waals surface area (Å²) < 4.78 is 25.4. The lowest BCUT2D eigenvalue weighted by Gasteiger charge is -2.18. The first-order valence-electron chi connectivity index (χ1n) is 5.29. The van der Waals surface area contributed by atoms with Crippen molar-refractivity contribution in [2.45, 2.75) is 44.4 Å². The minimum atomic E-state index is -3.83. The van der Waals surface area contributed by atoms with Crippen molar-refractivity contribution in [2.24, 2.45) is 5.73 Å². The number of nitrogens with two attached hydrogens (primary N) is 1. The minimum Gasteiger partial charge on any atom is -0.480 e. The molecule has 0 heterocycles. The zero-order valence-corrected chi connectivity index (χ0v) is 10.5. The molecule has 0 radical (unpaired) electrons. The van der Waals surface area contributed by atoms with Crippen LogP contribution in [0.4, 0.5) is 0 Å². The lowest BCUT2D eigenvalue weighted by molar-refractivity contribution is -0.136. The fourth-order valence-corrected chi connectivity index (χ4v) is 2.29. The van der Waals surface area contributed by atoms with Gasteiger partial charge in [-0.15, -0.1) is 0 Å². The van der Waals surface area contributed by atoms with E-state index in [0.29, 0.717) is 6.42 Å². The van der Waals surface area contributed by atoms with Gasteiger partial charge in [-0.05, 0) is 13.3 Å². The highest BCUT2D eigenvalue weighted by atomic mass is 32.2. The van der Waals surface area contributed by atoms with Crippen molar-refractivity contribution in [1.29, 1.82) is 0 Å². The Morgan fingerprint density at radius 1 is 1.50 bits per heavy atom. The molecule has 0 spiro atoms.